The van der Waals surface area contributed by atoms with Crippen LogP contribution in [-0.2, 0) is 108 Å². The van der Waals surface area contributed by atoms with E-state index in [2.05, 4.69) is 65.8 Å². The van der Waals surface area contributed by atoms with Crippen molar-refractivity contribution >= 4 is 49.3 Å². The minimum absolute atomic E-state index is 0.107. The summed E-state index contributed by atoms with van der Waals surface area (Å²) in [4.78, 5) is 29.7. The molecule has 4 N–H and O–H groups in total. The molecule has 6 heterocycles. The van der Waals surface area contributed by atoms with Crippen molar-refractivity contribution in [2.24, 2.45) is 5.92 Å². The number of aliphatic hydroxyl groups is 4. The maximum absolute atomic E-state index is 14.9. The lowest BCUT2D eigenvalue weighted by atomic mass is 9.79. The van der Waals surface area contributed by atoms with E-state index >= 15 is 0 Å². The molecule has 0 aromatic heterocycles. The number of benzene rings is 4. The summed E-state index contributed by atoms with van der Waals surface area (Å²) in [6.45, 7) is 13.1. The maximum Gasteiger partial charge on any atom is 0.343 e. The molecular weight excluding hydrogens is 1400 g/mol. The van der Waals surface area contributed by atoms with Gasteiger partial charge in [0.2, 0.25) is 5.60 Å². The van der Waals surface area contributed by atoms with Crippen LogP contribution < -0.4 is 20.7 Å². The first kappa shape index (κ1) is 82.8. The van der Waals surface area contributed by atoms with Gasteiger partial charge in [-0.15, -0.1) is 0 Å². The average Bonchev–Trinajstić information content (AvgIpc) is 0.674. The lowest BCUT2D eigenvalue weighted by molar-refractivity contribution is -0.430. The largest absolute Gasteiger partial charge is 0.467 e. The molecule has 10 unspecified atom stereocenters. The molecule has 0 radical (unpaired) electrons. The smallest absolute Gasteiger partial charge is 0.343 e. The first-order valence-electron chi connectivity index (χ1n) is 35.8. The number of methoxy groups -OCH3 is 10. The first-order chi connectivity index (χ1) is 50.3. The fourth-order valence-electron chi connectivity index (χ4n) is 16.9. The van der Waals surface area contributed by atoms with Crippen LogP contribution in [0.3, 0.4) is 0 Å². The Morgan fingerprint density at radius 3 is 1.34 bits per heavy atom. The molecule has 1 aliphatic carbocycles. The van der Waals surface area contributed by atoms with Crippen molar-refractivity contribution in [1.29, 1.82) is 0 Å². The number of hydrogen-bond acceptors (Lipinski definition) is 27. The second-order valence-electron chi connectivity index (χ2n) is 29.5. The summed E-state index contributed by atoms with van der Waals surface area (Å²) in [5.41, 5.74) is -4.35. The van der Waals surface area contributed by atoms with Gasteiger partial charge in [0.1, 0.15) is 97.7 Å². The summed E-state index contributed by atoms with van der Waals surface area (Å²) in [5, 5.41) is 51.3. The topological polar surface area (TPSA) is 309 Å². The lowest BCUT2D eigenvalue weighted by Gasteiger charge is -2.57. The summed E-state index contributed by atoms with van der Waals surface area (Å²) in [6.07, 6.45) is -29.1. The minimum Gasteiger partial charge on any atom is -0.467 e. The zero-order valence-electron chi connectivity index (χ0n) is 63.2. The summed E-state index contributed by atoms with van der Waals surface area (Å²) in [7, 11) is 7.06. The van der Waals surface area contributed by atoms with Gasteiger partial charge in [0.25, 0.3) is 16.6 Å². The molecule has 4 aromatic rings. The molecule has 7 fully saturated rings. The van der Waals surface area contributed by atoms with Crippen LogP contribution in [0, 0.1) is 5.92 Å². The predicted octanol–water partition coefficient (Wildman–Crippen LogP) is 2.69. The number of aliphatic hydroxyl groups excluding tert-OH is 4. The lowest BCUT2D eigenvalue weighted by Crippen LogP contribution is -2.78. The van der Waals surface area contributed by atoms with Crippen molar-refractivity contribution in [2.75, 3.05) is 97.5 Å². The van der Waals surface area contributed by atoms with Crippen LogP contribution in [0.1, 0.15) is 61.3 Å². The van der Waals surface area contributed by atoms with Crippen molar-refractivity contribution in [2.45, 2.75) is 218 Å². The van der Waals surface area contributed by atoms with Gasteiger partial charge in [-0.2, -0.15) is 0 Å². The van der Waals surface area contributed by atoms with E-state index in [1.807, 2.05) is 97.1 Å². The van der Waals surface area contributed by atoms with E-state index in [-0.39, 0.29) is 32.7 Å². The van der Waals surface area contributed by atoms with Gasteiger partial charge in [-0.1, -0.05) is 170 Å². The molecule has 29 heteroatoms. The fourth-order valence-corrected chi connectivity index (χ4v) is 26.0. The van der Waals surface area contributed by atoms with Crippen LogP contribution in [-0.4, -0.2) is 293 Å². The Kier molecular flexibility index (Phi) is 27.7. The number of esters is 2. The van der Waals surface area contributed by atoms with Crippen molar-refractivity contribution in [3.05, 3.63) is 121 Å². The third-order valence-electron chi connectivity index (χ3n) is 22.0. The van der Waals surface area contributed by atoms with E-state index in [0.717, 1.165) is 27.9 Å². The number of carbonyl (C=O) groups excluding carboxylic acids is 2. The van der Waals surface area contributed by atoms with E-state index < -0.39 is 197 Å². The van der Waals surface area contributed by atoms with Gasteiger partial charge >= 0.3 is 11.9 Å². The van der Waals surface area contributed by atoms with Crippen molar-refractivity contribution < 1.29 is 129 Å². The van der Waals surface area contributed by atoms with Gasteiger partial charge in [-0.3, -0.25) is 0 Å². The van der Waals surface area contributed by atoms with E-state index in [1.54, 1.807) is 6.92 Å². The number of fused-ring (bicyclic) bond motifs is 3. The molecule has 4 aromatic carbocycles. The van der Waals surface area contributed by atoms with Gasteiger partial charge in [0.05, 0.1) is 46.2 Å². The number of ether oxygens (including phenoxy) is 19. The van der Waals surface area contributed by atoms with Crippen molar-refractivity contribution in [3.63, 3.8) is 0 Å². The van der Waals surface area contributed by atoms with Gasteiger partial charge in [-0.25, -0.2) is 9.59 Å². The minimum atomic E-state index is -3.53. The zero-order valence-corrected chi connectivity index (χ0v) is 65.2. The molecule has 25 atom stereocenters. The van der Waals surface area contributed by atoms with E-state index in [0.29, 0.717) is 0 Å². The molecule has 0 spiro atoms. The normalized spacial score (nSPS) is 36.1. The Labute approximate surface area is 617 Å². The van der Waals surface area contributed by atoms with E-state index in [4.69, 9.17) is 98.9 Å². The second-order valence-corrected chi connectivity index (χ2v) is 38.2. The fraction of sp³-hybridized carbons (Fsp3) is 0.658. The third kappa shape index (κ3) is 15.5. The summed E-state index contributed by atoms with van der Waals surface area (Å²) in [5.74, 6) is -2.37. The predicted molar refractivity (Wildman–Crippen MR) is 383 cm³/mol. The van der Waals surface area contributed by atoms with Crippen LogP contribution in [0.2, 0.25) is 10.1 Å². The maximum atomic E-state index is 14.9. The molecule has 11 rings (SSSR count). The standard InChI is InChI=1S/C76H110O27Si2/c1-18-75(71(81)91-16)65(96-49-39-44(40-77)55(83-8)60(86-11)57(49)84-9)61(87-12)63(89-14)69(102-75)99-56-50(41-94-104(73(2,3)4,45-31-23-19-24-32-45)46-33-25-20-26-34-46)98-68(53(79)52(56)78)101-66-62(88-13)64-70(103-76(66,43-93-64)72(82)92-17)100-58-51(97-67(90-15)54(80)59(58)85-10)42-95-105(74(5,6)7,47-35-27-21-28-36-47)48-37-29-22-30-38-48/h19-38,44,49-70,77-80H,18,39-43H2,1-17H3/t44?,49-,50?,51?,52-,53?,54?,55-,56-,57?,58-,59-,60+,61-,62?,63?,64-,65+,66+,67+,68+,69-,70-,75?,76?/m1/s1. The van der Waals surface area contributed by atoms with Crippen LogP contribution in [0.4, 0.5) is 0 Å². The van der Waals surface area contributed by atoms with Crippen molar-refractivity contribution in [1.82, 2.24) is 0 Å². The average molecular weight is 1510 g/mol. The van der Waals surface area contributed by atoms with Gasteiger partial charge in [0, 0.05) is 69.4 Å². The summed E-state index contributed by atoms with van der Waals surface area (Å²) in [6, 6.07) is 39.7. The van der Waals surface area contributed by atoms with Gasteiger partial charge < -0.3 is 119 Å². The molecular formula is C76H110O27Si2. The molecule has 6 saturated heterocycles. The zero-order chi connectivity index (χ0) is 76.0. The van der Waals surface area contributed by atoms with E-state index in [1.165, 1.54) is 64.0 Å². The monoisotopic (exact) mass is 1510 g/mol. The van der Waals surface area contributed by atoms with Crippen LogP contribution in [0.5, 0.6) is 0 Å². The summed E-state index contributed by atoms with van der Waals surface area (Å²) >= 11 is 0. The highest BCUT2D eigenvalue weighted by molar-refractivity contribution is 7.00. The second kappa shape index (κ2) is 35.1. The quantitative estimate of drug-likeness (QED) is 0.0431. The van der Waals surface area contributed by atoms with Crippen molar-refractivity contribution in [3.8, 4) is 0 Å². The highest BCUT2D eigenvalue weighted by Gasteiger charge is 2.70. The van der Waals surface area contributed by atoms with Crippen LogP contribution in [0.15, 0.2) is 121 Å². The molecule has 105 heavy (non-hydrogen) atoms. The van der Waals surface area contributed by atoms with Gasteiger partial charge in [0.15, 0.2) is 30.8 Å². The number of carbonyl (C=O) groups is 2. The Bertz CT molecular complexity index is 3280. The summed E-state index contributed by atoms with van der Waals surface area (Å²) < 4.78 is 137. The Morgan fingerprint density at radius 2 is 0.914 bits per heavy atom. The van der Waals surface area contributed by atoms with Crippen LogP contribution in [0.25, 0.3) is 0 Å². The SMILES string of the molecule is CCC1(C(=O)OC)O[C@@H](O[C@@H]2C(CO[Si](c3ccccc3)(c3ccccc3)C(C)(C)C)O[C@@H](O[C@H]3C(OC)[C@H]4OCC3(C(=O)OC)O[C@H]4O[C@@H]3C(CO[Si](c4ccccc4)(c4ccccc4)C(C)(C)C)O[C@H](OC)C(O)[C@H]3OC)C(O)[C@H]2O)C(OC)[C@@H](OC)[C@@H]1O[C@@H]1CC(CO)[C@@H](OC)[C@H](OC)C1OC. The van der Waals surface area contributed by atoms with Gasteiger partial charge in [-0.05, 0) is 43.7 Å². The first-order valence-corrected chi connectivity index (χ1v) is 39.6. The molecule has 7 aliphatic rings. The molecule has 584 valence electrons. The highest BCUT2D eigenvalue weighted by Crippen LogP contribution is 2.48. The van der Waals surface area contributed by atoms with Crippen LogP contribution >= 0.6 is 0 Å². The third-order valence-corrected chi connectivity index (χ3v) is 32.0. The number of rotatable bonds is 30. The molecule has 6 aliphatic heterocycles. The molecule has 1 saturated carbocycles. The van der Waals surface area contributed by atoms with E-state index in [9.17, 15) is 30.0 Å². The Morgan fingerprint density at radius 1 is 0.457 bits per heavy atom. The molecule has 0 amide bonds. The Hall–Kier alpha value is -4.67. The highest BCUT2D eigenvalue weighted by atomic mass is 28.4. The molecule has 27 nitrogen and oxygen atoms in total. The number of hydrogen-bond donors (Lipinski definition) is 4. The molecule has 2 bridgehead atoms. The Balaban J connectivity index is 1.01.